The second-order valence-electron chi connectivity index (χ2n) is 6.85. The SMILES string of the molecule is COCCS(=O)(=O)c1ncc(CN(C)[C@H]2CCOC2)n1Cc1ccccc1. The van der Waals surface area contributed by atoms with Gasteiger partial charge in [0.05, 0.1) is 37.4 Å². The molecule has 8 heteroatoms. The van der Waals surface area contributed by atoms with Gasteiger partial charge in [0.25, 0.3) is 0 Å². The molecule has 0 spiro atoms. The van der Waals surface area contributed by atoms with Gasteiger partial charge >= 0.3 is 0 Å². The number of methoxy groups -OCH3 is 1. The van der Waals surface area contributed by atoms with Crippen molar-refractivity contribution in [2.75, 3.05) is 39.7 Å². The van der Waals surface area contributed by atoms with Crippen molar-refractivity contribution < 1.29 is 17.9 Å². The van der Waals surface area contributed by atoms with Crippen LogP contribution in [0.1, 0.15) is 17.7 Å². The lowest BCUT2D eigenvalue weighted by Crippen LogP contribution is -2.32. The first kappa shape index (κ1) is 20.0. The Balaban J connectivity index is 1.90. The largest absolute Gasteiger partial charge is 0.384 e. The van der Waals surface area contributed by atoms with Crippen LogP contribution in [0.3, 0.4) is 0 Å². The molecule has 0 N–H and O–H groups in total. The van der Waals surface area contributed by atoms with Crippen LogP contribution in [0.2, 0.25) is 0 Å². The van der Waals surface area contributed by atoms with Crippen molar-refractivity contribution in [1.82, 2.24) is 14.5 Å². The van der Waals surface area contributed by atoms with E-state index in [1.807, 2.05) is 41.9 Å². The molecule has 3 rings (SSSR count). The Morgan fingerprint density at radius 3 is 2.78 bits per heavy atom. The van der Waals surface area contributed by atoms with Crippen molar-refractivity contribution in [1.29, 1.82) is 0 Å². The van der Waals surface area contributed by atoms with Crippen LogP contribution < -0.4 is 0 Å². The van der Waals surface area contributed by atoms with E-state index in [4.69, 9.17) is 9.47 Å². The predicted molar refractivity (Wildman–Crippen MR) is 102 cm³/mol. The number of aromatic nitrogens is 2. The molecule has 1 aromatic heterocycles. The molecule has 0 amide bonds. The summed E-state index contributed by atoms with van der Waals surface area (Å²) in [5.74, 6) is -0.0823. The Morgan fingerprint density at radius 1 is 1.33 bits per heavy atom. The minimum atomic E-state index is -3.52. The number of benzene rings is 1. The highest BCUT2D eigenvalue weighted by Crippen LogP contribution is 2.19. The van der Waals surface area contributed by atoms with Crippen LogP contribution >= 0.6 is 0 Å². The molecule has 27 heavy (non-hydrogen) atoms. The molecule has 0 radical (unpaired) electrons. The van der Waals surface area contributed by atoms with Gasteiger partial charge in [-0.25, -0.2) is 13.4 Å². The number of sulfone groups is 1. The molecule has 0 saturated carbocycles. The lowest BCUT2D eigenvalue weighted by Gasteiger charge is -2.23. The molecule has 1 atom stereocenters. The van der Waals surface area contributed by atoms with Crippen LogP contribution in [0.15, 0.2) is 41.7 Å². The van der Waals surface area contributed by atoms with Gasteiger partial charge in [-0.1, -0.05) is 30.3 Å². The third-order valence-electron chi connectivity index (χ3n) is 4.86. The first-order valence-electron chi connectivity index (χ1n) is 9.09. The Labute approximate surface area is 160 Å². The first-order chi connectivity index (χ1) is 13.0. The van der Waals surface area contributed by atoms with E-state index in [2.05, 4.69) is 9.88 Å². The van der Waals surface area contributed by atoms with Crippen LogP contribution in [0, 0.1) is 0 Å². The molecular weight excluding hydrogens is 366 g/mol. The first-order valence-corrected chi connectivity index (χ1v) is 10.7. The van der Waals surface area contributed by atoms with Crippen LogP contribution in [0.4, 0.5) is 0 Å². The molecule has 1 aliphatic rings. The molecule has 0 bridgehead atoms. The monoisotopic (exact) mass is 393 g/mol. The molecule has 0 unspecified atom stereocenters. The second kappa shape index (κ2) is 8.97. The van der Waals surface area contributed by atoms with Crippen LogP contribution in [-0.4, -0.2) is 68.6 Å². The van der Waals surface area contributed by atoms with Gasteiger partial charge in [0.1, 0.15) is 0 Å². The van der Waals surface area contributed by atoms with Crippen molar-refractivity contribution in [3.05, 3.63) is 47.8 Å². The van der Waals surface area contributed by atoms with E-state index in [9.17, 15) is 8.42 Å². The fraction of sp³-hybridized carbons (Fsp3) is 0.526. The van der Waals surface area contributed by atoms with Gasteiger partial charge < -0.3 is 14.0 Å². The van der Waals surface area contributed by atoms with Crippen molar-refractivity contribution in [3.8, 4) is 0 Å². The highest BCUT2D eigenvalue weighted by Gasteiger charge is 2.26. The van der Waals surface area contributed by atoms with Gasteiger partial charge in [-0.15, -0.1) is 0 Å². The van der Waals surface area contributed by atoms with E-state index >= 15 is 0 Å². The summed E-state index contributed by atoms with van der Waals surface area (Å²) in [5, 5.41) is 0.106. The number of rotatable bonds is 9. The molecule has 148 valence electrons. The van der Waals surface area contributed by atoms with E-state index in [-0.39, 0.29) is 17.5 Å². The number of hydrogen-bond acceptors (Lipinski definition) is 6. The number of imidazole rings is 1. The summed E-state index contributed by atoms with van der Waals surface area (Å²) in [6, 6.07) is 10.2. The number of hydrogen-bond donors (Lipinski definition) is 0. The predicted octanol–water partition coefficient (Wildman–Crippen LogP) is 1.57. The highest BCUT2D eigenvalue weighted by atomic mass is 32.2. The molecule has 7 nitrogen and oxygen atoms in total. The quantitative estimate of drug-likeness (QED) is 0.644. The molecule has 2 aromatic rings. The maximum Gasteiger partial charge on any atom is 0.228 e. The van der Waals surface area contributed by atoms with Gasteiger partial charge in [-0.3, -0.25) is 4.90 Å². The zero-order valence-electron chi connectivity index (χ0n) is 15.9. The molecule has 1 aliphatic heterocycles. The van der Waals surface area contributed by atoms with E-state index in [0.29, 0.717) is 25.7 Å². The summed E-state index contributed by atoms with van der Waals surface area (Å²) >= 11 is 0. The van der Waals surface area contributed by atoms with Crippen molar-refractivity contribution >= 4 is 9.84 Å². The summed E-state index contributed by atoms with van der Waals surface area (Å²) in [6.07, 6.45) is 2.66. The Bertz CT molecular complexity index is 830. The minimum absolute atomic E-state index is 0.0823. The molecule has 1 fully saturated rings. The summed E-state index contributed by atoms with van der Waals surface area (Å²) in [6.45, 7) is 2.72. The zero-order valence-corrected chi connectivity index (χ0v) is 16.7. The Kier molecular flexibility index (Phi) is 6.64. The smallest absolute Gasteiger partial charge is 0.228 e. The summed E-state index contributed by atoms with van der Waals surface area (Å²) < 4.78 is 37.8. The zero-order chi connectivity index (χ0) is 19.3. The van der Waals surface area contributed by atoms with E-state index in [0.717, 1.165) is 24.3 Å². The Morgan fingerprint density at radius 2 is 2.11 bits per heavy atom. The molecular formula is C19H27N3O4S. The van der Waals surface area contributed by atoms with Crippen LogP contribution in [-0.2, 0) is 32.4 Å². The maximum atomic E-state index is 12.8. The van der Waals surface area contributed by atoms with E-state index in [1.165, 1.54) is 7.11 Å². The van der Waals surface area contributed by atoms with E-state index in [1.54, 1.807) is 6.20 Å². The van der Waals surface area contributed by atoms with Gasteiger partial charge in [-0.2, -0.15) is 0 Å². The number of nitrogens with zero attached hydrogens (tertiary/aromatic N) is 3. The third-order valence-corrected chi connectivity index (χ3v) is 6.45. The van der Waals surface area contributed by atoms with Crippen LogP contribution in [0.5, 0.6) is 0 Å². The normalized spacial score (nSPS) is 17.7. The summed E-state index contributed by atoms with van der Waals surface area (Å²) in [4.78, 5) is 6.48. The van der Waals surface area contributed by atoms with Gasteiger partial charge in [0, 0.05) is 26.3 Å². The molecule has 0 aliphatic carbocycles. The topological polar surface area (TPSA) is 73.7 Å². The summed E-state index contributed by atoms with van der Waals surface area (Å²) in [5.41, 5.74) is 1.91. The third kappa shape index (κ3) is 4.95. The lowest BCUT2D eigenvalue weighted by molar-refractivity contribution is 0.155. The van der Waals surface area contributed by atoms with Crippen molar-refractivity contribution in [3.63, 3.8) is 0 Å². The van der Waals surface area contributed by atoms with E-state index < -0.39 is 9.84 Å². The van der Waals surface area contributed by atoms with Crippen molar-refractivity contribution in [2.24, 2.45) is 0 Å². The molecule has 1 aromatic carbocycles. The average Bonchev–Trinajstić information content (AvgIpc) is 3.32. The highest BCUT2D eigenvalue weighted by molar-refractivity contribution is 7.91. The summed E-state index contributed by atoms with van der Waals surface area (Å²) in [7, 11) is 0.0125. The second-order valence-corrected chi connectivity index (χ2v) is 8.85. The standard InChI is InChI=1S/C19H27N3O4S/c1-21(17-8-9-26-15-17)14-18-12-20-19(27(23,24)11-10-25-2)22(18)13-16-6-4-3-5-7-16/h3-7,12,17H,8-11,13-15H2,1-2H3/t17-/m0/s1. The number of likely N-dealkylation sites (N-methyl/N-ethyl adjacent to an activating group) is 1. The molecule has 2 heterocycles. The molecule has 1 saturated heterocycles. The maximum absolute atomic E-state index is 12.8. The fourth-order valence-electron chi connectivity index (χ4n) is 3.24. The fourth-order valence-corrected chi connectivity index (χ4v) is 4.54. The van der Waals surface area contributed by atoms with Gasteiger partial charge in [0.2, 0.25) is 15.0 Å². The van der Waals surface area contributed by atoms with Crippen molar-refractivity contribution in [2.45, 2.75) is 30.7 Å². The van der Waals surface area contributed by atoms with Gasteiger partial charge in [0.15, 0.2) is 0 Å². The minimum Gasteiger partial charge on any atom is -0.384 e. The van der Waals surface area contributed by atoms with Crippen LogP contribution in [0.25, 0.3) is 0 Å². The Hall–Kier alpha value is -1.74. The average molecular weight is 394 g/mol. The lowest BCUT2D eigenvalue weighted by atomic mass is 10.2. The number of ether oxygens (including phenoxy) is 2. The van der Waals surface area contributed by atoms with Gasteiger partial charge in [-0.05, 0) is 19.0 Å².